The van der Waals surface area contributed by atoms with Crippen molar-refractivity contribution in [3.05, 3.63) is 47.5 Å². The molecule has 2 aromatic heterocycles. The van der Waals surface area contributed by atoms with Crippen LogP contribution in [0, 0.1) is 13.8 Å². The smallest absolute Gasteiger partial charge is 0.252 e. The standard InChI is InChI=1S/C20H24N6O2/c1-14-16(15(2)26-20(23-14)21-13-22-26)12-19(27)25-10-8-24(9-11-25)17-6-4-5-7-18(17)28-3/h4-7,13H,8-12H2,1-3H3. The van der Waals surface area contributed by atoms with Gasteiger partial charge in [-0.25, -0.2) is 9.50 Å². The van der Waals surface area contributed by atoms with Gasteiger partial charge in [-0.2, -0.15) is 10.1 Å². The molecule has 1 aromatic carbocycles. The highest BCUT2D eigenvalue weighted by atomic mass is 16.5. The first-order valence-electron chi connectivity index (χ1n) is 9.40. The highest BCUT2D eigenvalue weighted by Crippen LogP contribution is 2.28. The van der Waals surface area contributed by atoms with Crippen molar-refractivity contribution < 1.29 is 9.53 Å². The molecular formula is C20H24N6O2. The zero-order valence-corrected chi connectivity index (χ0v) is 16.4. The molecule has 1 saturated heterocycles. The summed E-state index contributed by atoms with van der Waals surface area (Å²) in [6.07, 6.45) is 1.81. The number of carbonyl (C=O) groups excluding carboxylic acids is 1. The molecule has 146 valence electrons. The van der Waals surface area contributed by atoms with Gasteiger partial charge in [-0.15, -0.1) is 0 Å². The summed E-state index contributed by atoms with van der Waals surface area (Å²) in [7, 11) is 1.68. The number of carbonyl (C=O) groups is 1. The number of benzene rings is 1. The number of aromatic nitrogens is 4. The van der Waals surface area contributed by atoms with E-state index in [4.69, 9.17) is 4.74 Å². The van der Waals surface area contributed by atoms with E-state index in [1.807, 2.05) is 36.9 Å². The largest absolute Gasteiger partial charge is 0.495 e. The summed E-state index contributed by atoms with van der Waals surface area (Å²) in [5.74, 6) is 1.55. The maximum absolute atomic E-state index is 12.9. The molecule has 0 atom stereocenters. The van der Waals surface area contributed by atoms with Gasteiger partial charge >= 0.3 is 0 Å². The fourth-order valence-electron chi connectivity index (χ4n) is 3.76. The molecule has 0 saturated carbocycles. The molecule has 0 N–H and O–H groups in total. The fraction of sp³-hybridized carbons (Fsp3) is 0.400. The Morgan fingerprint density at radius 2 is 1.89 bits per heavy atom. The third-order valence-corrected chi connectivity index (χ3v) is 5.37. The van der Waals surface area contributed by atoms with Gasteiger partial charge in [0.15, 0.2) is 0 Å². The first-order valence-corrected chi connectivity index (χ1v) is 9.40. The minimum atomic E-state index is 0.118. The normalized spacial score (nSPS) is 14.5. The van der Waals surface area contributed by atoms with Crippen LogP contribution in [0.4, 0.5) is 5.69 Å². The lowest BCUT2D eigenvalue weighted by atomic mass is 10.1. The number of hydrogen-bond donors (Lipinski definition) is 0. The Balaban J connectivity index is 1.45. The van der Waals surface area contributed by atoms with Crippen LogP contribution >= 0.6 is 0 Å². The van der Waals surface area contributed by atoms with Crippen LogP contribution in [0.3, 0.4) is 0 Å². The molecule has 0 bridgehead atoms. The Morgan fingerprint density at radius 3 is 2.64 bits per heavy atom. The molecule has 28 heavy (non-hydrogen) atoms. The maximum atomic E-state index is 12.9. The third kappa shape index (κ3) is 3.26. The van der Waals surface area contributed by atoms with Gasteiger partial charge in [0.25, 0.3) is 5.78 Å². The molecule has 3 heterocycles. The molecule has 1 aliphatic rings. The van der Waals surface area contributed by atoms with Crippen molar-refractivity contribution in [1.29, 1.82) is 0 Å². The third-order valence-electron chi connectivity index (χ3n) is 5.37. The van der Waals surface area contributed by atoms with Crippen molar-refractivity contribution in [1.82, 2.24) is 24.5 Å². The minimum absolute atomic E-state index is 0.118. The average Bonchev–Trinajstić information content (AvgIpc) is 3.19. The molecule has 1 amide bonds. The Labute approximate surface area is 163 Å². The summed E-state index contributed by atoms with van der Waals surface area (Å²) in [4.78, 5) is 25.7. The van der Waals surface area contributed by atoms with Crippen LogP contribution in [0.1, 0.15) is 17.0 Å². The first-order chi connectivity index (χ1) is 13.6. The van der Waals surface area contributed by atoms with Crippen molar-refractivity contribution in [3.8, 4) is 5.75 Å². The second kappa shape index (κ2) is 7.46. The second-order valence-corrected chi connectivity index (χ2v) is 6.95. The number of piperazine rings is 1. The van der Waals surface area contributed by atoms with Gasteiger partial charge in [-0.05, 0) is 26.0 Å². The van der Waals surface area contributed by atoms with Crippen LogP contribution in [0.15, 0.2) is 30.6 Å². The van der Waals surface area contributed by atoms with Gasteiger partial charge in [0.05, 0.1) is 19.2 Å². The van der Waals surface area contributed by atoms with E-state index in [-0.39, 0.29) is 5.91 Å². The highest BCUT2D eigenvalue weighted by Gasteiger charge is 2.24. The number of para-hydroxylation sites is 2. The topological polar surface area (TPSA) is 75.9 Å². The molecule has 3 aromatic rings. The van der Waals surface area contributed by atoms with Crippen molar-refractivity contribution in [2.45, 2.75) is 20.3 Å². The fourth-order valence-corrected chi connectivity index (χ4v) is 3.76. The average molecular weight is 380 g/mol. The summed E-state index contributed by atoms with van der Waals surface area (Å²) in [6, 6.07) is 7.99. The van der Waals surface area contributed by atoms with Gasteiger partial charge in [0.1, 0.15) is 12.1 Å². The Morgan fingerprint density at radius 1 is 1.14 bits per heavy atom. The van der Waals surface area contributed by atoms with E-state index in [9.17, 15) is 4.79 Å². The summed E-state index contributed by atoms with van der Waals surface area (Å²) in [5.41, 5.74) is 3.75. The van der Waals surface area contributed by atoms with Crippen molar-refractivity contribution in [2.24, 2.45) is 0 Å². The lowest BCUT2D eigenvalue weighted by Gasteiger charge is -2.36. The molecule has 4 rings (SSSR count). The second-order valence-electron chi connectivity index (χ2n) is 6.95. The molecule has 1 fully saturated rings. The number of nitrogens with zero attached hydrogens (tertiary/aromatic N) is 6. The van der Waals surface area contributed by atoms with E-state index >= 15 is 0 Å². The summed E-state index contributed by atoms with van der Waals surface area (Å²) < 4.78 is 7.15. The van der Waals surface area contributed by atoms with Crippen LogP contribution in [0.5, 0.6) is 5.75 Å². The van der Waals surface area contributed by atoms with E-state index in [1.54, 1.807) is 11.6 Å². The molecule has 0 radical (unpaired) electrons. The van der Waals surface area contributed by atoms with E-state index in [1.165, 1.54) is 6.33 Å². The minimum Gasteiger partial charge on any atom is -0.495 e. The van der Waals surface area contributed by atoms with Crippen LogP contribution in [0.2, 0.25) is 0 Å². The first kappa shape index (κ1) is 18.2. The molecule has 0 spiro atoms. The molecule has 0 unspecified atom stereocenters. The van der Waals surface area contributed by atoms with E-state index < -0.39 is 0 Å². The maximum Gasteiger partial charge on any atom is 0.252 e. The quantitative estimate of drug-likeness (QED) is 0.685. The molecule has 1 aliphatic heterocycles. The number of hydrogen-bond acceptors (Lipinski definition) is 6. The molecule has 0 aliphatic carbocycles. The highest BCUT2D eigenvalue weighted by molar-refractivity contribution is 5.79. The number of fused-ring (bicyclic) bond motifs is 1. The molecular weight excluding hydrogens is 356 g/mol. The number of rotatable bonds is 4. The number of anilines is 1. The lowest BCUT2D eigenvalue weighted by Crippen LogP contribution is -2.49. The Hall–Kier alpha value is -3.16. The zero-order valence-electron chi connectivity index (χ0n) is 16.4. The van der Waals surface area contributed by atoms with Crippen LogP contribution < -0.4 is 9.64 Å². The van der Waals surface area contributed by atoms with Gasteiger partial charge in [0.2, 0.25) is 5.91 Å². The van der Waals surface area contributed by atoms with Gasteiger partial charge in [0, 0.05) is 43.1 Å². The zero-order chi connectivity index (χ0) is 19.7. The van der Waals surface area contributed by atoms with Crippen LogP contribution in [-0.4, -0.2) is 63.7 Å². The number of aryl methyl sites for hydroxylation is 2. The van der Waals surface area contributed by atoms with E-state index in [0.29, 0.717) is 25.3 Å². The number of ether oxygens (including phenoxy) is 1. The van der Waals surface area contributed by atoms with Crippen LogP contribution in [0.25, 0.3) is 5.78 Å². The molecule has 8 heteroatoms. The van der Waals surface area contributed by atoms with Gasteiger partial charge in [-0.3, -0.25) is 4.79 Å². The van der Waals surface area contributed by atoms with Crippen molar-refractivity contribution in [2.75, 3.05) is 38.2 Å². The predicted octanol–water partition coefficient (Wildman–Crippen LogP) is 1.64. The van der Waals surface area contributed by atoms with Crippen molar-refractivity contribution >= 4 is 17.4 Å². The predicted molar refractivity (Wildman–Crippen MR) is 106 cm³/mol. The summed E-state index contributed by atoms with van der Waals surface area (Å²) >= 11 is 0. The number of amides is 1. The Bertz CT molecular complexity index is 1010. The monoisotopic (exact) mass is 380 g/mol. The summed E-state index contributed by atoms with van der Waals surface area (Å²) in [6.45, 7) is 6.82. The summed E-state index contributed by atoms with van der Waals surface area (Å²) in [5, 5.41) is 4.20. The van der Waals surface area contributed by atoms with Crippen LogP contribution in [-0.2, 0) is 11.2 Å². The van der Waals surface area contributed by atoms with E-state index in [2.05, 4.69) is 26.0 Å². The SMILES string of the molecule is COc1ccccc1N1CCN(C(=O)Cc2c(C)nc3ncnn3c2C)CC1. The number of methoxy groups -OCH3 is 1. The van der Waals surface area contributed by atoms with Gasteiger partial charge < -0.3 is 14.5 Å². The molecule has 8 nitrogen and oxygen atoms in total. The van der Waals surface area contributed by atoms with Crippen molar-refractivity contribution in [3.63, 3.8) is 0 Å². The van der Waals surface area contributed by atoms with E-state index in [0.717, 1.165) is 41.5 Å². The van der Waals surface area contributed by atoms with Gasteiger partial charge in [-0.1, -0.05) is 12.1 Å². The Kier molecular flexibility index (Phi) is 4.85. The lowest BCUT2D eigenvalue weighted by molar-refractivity contribution is -0.130.